The van der Waals surface area contributed by atoms with E-state index >= 15 is 0 Å². The zero-order valence-electron chi connectivity index (χ0n) is 6.42. The molecule has 0 fully saturated rings. The third-order valence-corrected chi connectivity index (χ3v) is 1.62. The van der Waals surface area contributed by atoms with Crippen LogP contribution in [0, 0.1) is 10.8 Å². The lowest BCUT2D eigenvalue weighted by atomic mass is 10.0. The van der Waals surface area contributed by atoms with Crippen molar-refractivity contribution in [3.8, 4) is 0 Å². The second-order valence-electron chi connectivity index (χ2n) is 2.70. The Balaban J connectivity index is 3.33. The summed E-state index contributed by atoms with van der Waals surface area (Å²) in [6.07, 6.45) is 2.07. The van der Waals surface area contributed by atoms with E-state index in [9.17, 15) is 4.91 Å². The zero-order valence-corrected chi connectivity index (χ0v) is 6.42. The number of nitrogens with zero attached hydrogens (tertiary/aromatic N) is 1. The van der Waals surface area contributed by atoms with Crippen LogP contribution in [0.15, 0.2) is 5.18 Å². The van der Waals surface area contributed by atoms with Crippen molar-refractivity contribution in [2.24, 2.45) is 11.1 Å². The largest absolute Gasteiger partial charge is 0.151 e. The molecule has 0 aliphatic rings. The van der Waals surface area contributed by atoms with Crippen LogP contribution in [0.2, 0.25) is 0 Å². The molecule has 0 saturated carbocycles. The summed E-state index contributed by atoms with van der Waals surface area (Å²) in [5.41, 5.74) is 0. The Bertz CT molecular complexity index is 83.0. The van der Waals surface area contributed by atoms with Gasteiger partial charge < -0.3 is 0 Å². The van der Waals surface area contributed by atoms with Crippen molar-refractivity contribution in [2.45, 2.75) is 39.7 Å². The Labute approximate surface area is 56.6 Å². The number of nitroso groups, excluding NO2 is 1. The molecule has 0 bridgehead atoms. The van der Waals surface area contributed by atoms with E-state index in [-0.39, 0.29) is 6.04 Å². The third-order valence-electron chi connectivity index (χ3n) is 1.62. The van der Waals surface area contributed by atoms with Gasteiger partial charge in [-0.1, -0.05) is 25.4 Å². The first-order valence-corrected chi connectivity index (χ1v) is 3.53. The van der Waals surface area contributed by atoms with Crippen molar-refractivity contribution in [3.05, 3.63) is 4.91 Å². The molecule has 0 radical (unpaired) electrons. The van der Waals surface area contributed by atoms with Gasteiger partial charge in [-0.25, -0.2) is 0 Å². The maximum Gasteiger partial charge on any atom is 0.0894 e. The molecular formula is C7H15NO. The van der Waals surface area contributed by atoms with Crippen LogP contribution in [0.4, 0.5) is 0 Å². The van der Waals surface area contributed by atoms with Gasteiger partial charge in [0, 0.05) is 0 Å². The molecule has 0 aliphatic heterocycles. The van der Waals surface area contributed by atoms with E-state index in [0.29, 0.717) is 5.92 Å². The maximum absolute atomic E-state index is 9.91. The van der Waals surface area contributed by atoms with E-state index in [1.807, 2.05) is 6.92 Å². The summed E-state index contributed by atoms with van der Waals surface area (Å²) in [7, 11) is 0. The Kier molecular flexibility index (Phi) is 4.28. The number of hydrogen-bond donors (Lipinski definition) is 0. The van der Waals surface area contributed by atoms with Crippen molar-refractivity contribution in [3.63, 3.8) is 0 Å². The van der Waals surface area contributed by atoms with Gasteiger partial charge in [-0.15, -0.1) is 0 Å². The van der Waals surface area contributed by atoms with Crippen LogP contribution in [0.5, 0.6) is 0 Å². The Morgan fingerprint density at radius 2 is 2.00 bits per heavy atom. The Hall–Kier alpha value is -0.400. The van der Waals surface area contributed by atoms with Gasteiger partial charge in [-0.05, 0) is 19.3 Å². The summed E-state index contributed by atoms with van der Waals surface area (Å²) in [5.74, 6) is 0.637. The summed E-state index contributed by atoms with van der Waals surface area (Å²) in [6.45, 7) is 6.13. The fourth-order valence-electron chi connectivity index (χ4n) is 0.792. The molecule has 9 heavy (non-hydrogen) atoms. The van der Waals surface area contributed by atoms with Crippen LogP contribution in [0.25, 0.3) is 0 Å². The number of rotatable bonds is 4. The first-order chi connectivity index (χ1) is 4.20. The SMILES string of the molecule is CC[C@H](C)C[C@H](C)N=O. The van der Waals surface area contributed by atoms with Gasteiger partial charge in [-0.2, -0.15) is 4.91 Å². The first kappa shape index (κ1) is 8.60. The Morgan fingerprint density at radius 3 is 2.33 bits per heavy atom. The minimum atomic E-state index is -0.0000463. The van der Waals surface area contributed by atoms with Crippen LogP contribution in [-0.2, 0) is 0 Å². The molecule has 54 valence electrons. The first-order valence-electron chi connectivity index (χ1n) is 3.53. The fourth-order valence-corrected chi connectivity index (χ4v) is 0.792. The highest BCUT2D eigenvalue weighted by Crippen LogP contribution is 2.10. The molecule has 2 atom stereocenters. The fraction of sp³-hybridized carbons (Fsp3) is 1.00. The molecule has 0 heterocycles. The van der Waals surface area contributed by atoms with Gasteiger partial charge in [0.25, 0.3) is 0 Å². The molecule has 0 N–H and O–H groups in total. The summed E-state index contributed by atoms with van der Waals surface area (Å²) in [5, 5.41) is 2.93. The third kappa shape index (κ3) is 4.13. The van der Waals surface area contributed by atoms with Gasteiger partial charge >= 0.3 is 0 Å². The lowest BCUT2D eigenvalue weighted by Crippen LogP contribution is -2.03. The molecule has 0 aromatic rings. The summed E-state index contributed by atoms with van der Waals surface area (Å²) >= 11 is 0. The van der Waals surface area contributed by atoms with Crippen LogP contribution < -0.4 is 0 Å². The summed E-state index contributed by atoms with van der Waals surface area (Å²) in [4.78, 5) is 9.91. The van der Waals surface area contributed by atoms with Crippen LogP contribution >= 0.6 is 0 Å². The topological polar surface area (TPSA) is 29.4 Å². The lowest BCUT2D eigenvalue weighted by Gasteiger charge is -2.07. The molecule has 0 unspecified atom stereocenters. The van der Waals surface area contributed by atoms with E-state index in [1.54, 1.807) is 0 Å². The van der Waals surface area contributed by atoms with Gasteiger partial charge in [0.15, 0.2) is 0 Å². The average Bonchev–Trinajstić information content (AvgIpc) is 1.87. The quantitative estimate of drug-likeness (QED) is 0.536. The monoisotopic (exact) mass is 129 g/mol. The highest BCUT2D eigenvalue weighted by Gasteiger charge is 2.05. The second-order valence-corrected chi connectivity index (χ2v) is 2.70. The minimum absolute atomic E-state index is 0.0000463. The molecule has 0 aromatic carbocycles. The predicted molar refractivity (Wildman–Crippen MR) is 39.3 cm³/mol. The van der Waals surface area contributed by atoms with Gasteiger partial charge in [0.2, 0.25) is 0 Å². The molecule has 0 rings (SSSR count). The summed E-state index contributed by atoms with van der Waals surface area (Å²) < 4.78 is 0. The lowest BCUT2D eigenvalue weighted by molar-refractivity contribution is 0.469. The van der Waals surface area contributed by atoms with E-state index in [2.05, 4.69) is 19.0 Å². The molecule has 0 aliphatic carbocycles. The van der Waals surface area contributed by atoms with Gasteiger partial charge in [-0.3, -0.25) is 0 Å². The predicted octanol–water partition coefficient (Wildman–Crippen LogP) is 2.58. The van der Waals surface area contributed by atoms with Crippen molar-refractivity contribution in [1.29, 1.82) is 0 Å². The summed E-state index contributed by atoms with van der Waals surface area (Å²) in [6, 6.07) is -0.0000463. The highest BCUT2D eigenvalue weighted by molar-refractivity contribution is 4.61. The van der Waals surface area contributed by atoms with Gasteiger partial charge in [0.1, 0.15) is 0 Å². The number of hydrogen-bond acceptors (Lipinski definition) is 2. The van der Waals surface area contributed by atoms with Crippen molar-refractivity contribution < 1.29 is 0 Å². The molecule has 0 aromatic heterocycles. The van der Waals surface area contributed by atoms with E-state index < -0.39 is 0 Å². The molecule has 2 heteroatoms. The molecular weight excluding hydrogens is 114 g/mol. The zero-order chi connectivity index (χ0) is 7.28. The molecule has 0 amide bonds. The van der Waals surface area contributed by atoms with Crippen molar-refractivity contribution in [2.75, 3.05) is 0 Å². The molecule has 2 nitrogen and oxygen atoms in total. The Morgan fingerprint density at radius 1 is 1.44 bits per heavy atom. The van der Waals surface area contributed by atoms with Crippen molar-refractivity contribution >= 4 is 0 Å². The van der Waals surface area contributed by atoms with Gasteiger partial charge in [0.05, 0.1) is 6.04 Å². The van der Waals surface area contributed by atoms with Crippen LogP contribution in [-0.4, -0.2) is 6.04 Å². The maximum atomic E-state index is 9.91. The molecule has 0 saturated heterocycles. The average molecular weight is 129 g/mol. The van der Waals surface area contributed by atoms with Crippen LogP contribution in [0.3, 0.4) is 0 Å². The molecule has 0 spiro atoms. The van der Waals surface area contributed by atoms with Crippen LogP contribution in [0.1, 0.15) is 33.6 Å². The van der Waals surface area contributed by atoms with E-state index in [1.165, 1.54) is 0 Å². The standard InChI is InChI=1S/C7H15NO/c1-4-6(2)5-7(3)8-9/h6-7H,4-5H2,1-3H3/t6-,7-/m0/s1. The van der Waals surface area contributed by atoms with Crippen molar-refractivity contribution in [1.82, 2.24) is 0 Å². The second kappa shape index (κ2) is 4.48. The minimum Gasteiger partial charge on any atom is -0.151 e. The highest BCUT2D eigenvalue weighted by atomic mass is 16.3. The van der Waals surface area contributed by atoms with E-state index in [0.717, 1.165) is 12.8 Å². The smallest absolute Gasteiger partial charge is 0.0894 e. The normalized spacial score (nSPS) is 16.8. The van der Waals surface area contributed by atoms with E-state index in [4.69, 9.17) is 0 Å².